The fraction of sp³-hybridized carbons (Fsp3) is 0.250. The van der Waals surface area contributed by atoms with Crippen molar-refractivity contribution in [3.05, 3.63) is 46.8 Å². The Morgan fingerprint density at radius 1 is 1.16 bits per heavy atom. The van der Waals surface area contributed by atoms with E-state index >= 15 is 0 Å². The van der Waals surface area contributed by atoms with E-state index in [4.69, 9.17) is 9.84 Å². The quantitative estimate of drug-likeness (QED) is 0.716. The lowest BCUT2D eigenvalue weighted by atomic mass is 10.1. The highest BCUT2D eigenvalue weighted by atomic mass is 32.2. The lowest BCUT2D eigenvalue weighted by Gasteiger charge is -2.06. The summed E-state index contributed by atoms with van der Waals surface area (Å²) in [7, 11) is -3.30. The summed E-state index contributed by atoms with van der Waals surface area (Å²) in [5.41, 5.74) is 0.950. The maximum atomic E-state index is 12.0. The molecule has 0 saturated heterocycles. The van der Waals surface area contributed by atoms with Gasteiger partial charge >= 0.3 is 5.97 Å². The summed E-state index contributed by atoms with van der Waals surface area (Å²) >= 11 is 0.939. The van der Waals surface area contributed by atoms with Gasteiger partial charge in [0, 0.05) is 12.8 Å². The average Bonchev–Trinajstić information content (AvgIpc) is 3.04. The maximum Gasteiger partial charge on any atom is 0.341 e. The van der Waals surface area contributed by atoms with Crippen LogP contribution in [0.4, 0.5) is 0 Å². The van der Waals surface area contributed by atoms with E-state index in [1.54, 1.807) is 24.3 Å². The molecule has 134 valence electrons. The van der Waals surface area contributed by atoms with Crippen LogP contribution in [0.1, 0.15) is 15.2 Å². The van der Waals surface area contributed by atoms with Crippen molar-refractivity contribution in [2.24, 2.45) is 0 Å². The Bertz CT molecular complexity index is 855. The molecule has 1 aromatic heterocycles. The number of amides is 1. The SMILES string of the molecule is CS(=O)(=O)c1ccc(C(=O)NCCc2ccc(OCC(=O)O)cc2)s1. The Hall–Kier alpha value is -2.39. The number of hydrogen-bond donors (Lipinski definition) is 2. The number of carboxylic acid groups (broad SMARTS) is 1. The van der Waals surface area contributed by atoms with Crippen LogP contribution in [-0.4, -0.2) is 44.8 Å². The average molecular weight is 383 g/mol. The van der Waals surface area contributed by atoms with Crippen LogP contribution in [0.15, 0.2) is 40.6 Å². The zero-order valence-electron chi connectivity index (χ0n) is 13.4. The molecule has 25 heavy (non-hydrogen) atoms. The molecule has 0 fully saturated rings. The van der Waals surface area contributed by atoms with Crippen LogP contribution in [0.25, 0.3) is 0 Å². The normalized spacial score (nSPS) is 11.1. The van der Waals surface area contributed by atoms with Gasteiger partial charge in [0.25, 0.3) is 5.91 Å². The molecule has 1 heterocycles. The van der Waals surface area contributed by atoms with Crippen LogP contribution < -0.4 is 10.1 Å². The van der Waals surface area contributed by atoms with E-state index in [0.29, 0.717) is 23.6 Å². The van der Waals surface area contributed by atoms with Crippen LogP contribution in [0.5, 0.6) is 5.75 Å². The van der Waals surface area contributed by atoms with Crippen molar-refractivity contribution in [3.63, 3.8) is 0 Å². The van der Waals surface area contributed by atoms with Gasteiger partial charge in [0.05, 0.1) is 4.88 Å². The van der Waals surface area contributed by atoms with Crippen LogP contribution in [0.3, 0.4) is 0 Å². The van der Waals surface area contributed by atoms with Gasteiger partial charge in [0.1, 0.15) is 9.96 Å². The van der Waals surface area contributed by atoms with Crippen LogP contribution >= 0.6 is 11.3 Å². The molecule has 1 aromatic carbocycles. The molecule has 0 aliphatic rings. The van der Waals surface area contributed by atoms with Crippen molar-refractivity contribution < 1.29 is 27.9 Å². The lowest BCUT2D eigenvalue weighted by Crippen LogP contribution is -2.24. The number of carbonyl (C=O) groups excluding carboxylic acids is 1. The number of hydrogen-bond acceptors (Lipinski definition) is 6. The van der Waals surface area contributed by atoms with E-state index in [1.807, 2.05) is 0 Å². The Kier molecular flexibility index (Phi) is 6.16. The molecule has 0 atom stereocenters. The van der Waals surface area contributed by atoms with Gasteiger partial charge in [-0.05, 0) is 36.2 Å². The number of benzene rings is 1. The van der Waals surface area contributed by atoms with Crippen molar-refractivity contribution in [1.82, 2.24) is 5.32 Å². The summed E-state index contributed by atoms with van der Waals surface area (Å²) in [4.78, 5) is 22.8. The van der Waals surface area contributed by atoms with Crippen molar-refractivity contribution in [3.8, 4) is 5.75 Å². The summed E-state index contributed by atoms with van der Waals surface area (Å²) < 4.78 is 28.0. The van der Waals surface area contributed by atoms with Crippen LogP contribution in [0.2, 0.25) is 0 Å². The third kappa shape index (κ3) is 5.87. The minimum Gasteiger partial charge on any atom is -0.482 e. The Morgan fingerprint density at radius 2 is 1.84 bits per heavy atom. The summed E-state index contributed by atoms with van der Waals surface area (Å²) in [6.07, 6.45) is 1.68. The highest BCUT2D eigenvalue weighted by Gasteiger charge is 2.14. The van der Waals surface area contributed by atoms with Crippen LogP contribution in [0, 0.1) is 0 Å². The molecule has 0 aliphatic carbocycles. The van der Waals surface area contributed by atoms with Crippen molar-refractivity contribution in [2.45, 2.75) is 10.6 Å². The van der Waals surface area contributed by atoms with Gasteiger partial charge in [-0.1, -0.05) is 12.1 Å². The maximum absolute atomic E-state index is 12.0. The Labute approximate surface area is 149 Å². The molecule has 0 radical (unpaired) electrons. The minimum atomic E-state index is -3.30. The summed E-state index contributed by atoms with van der Waals surface area (Å²) in [6, 6.07) is 9.82. The number of rotatable bonds is 8. The van der Waals surface area contributed by atoms with Gasteiger partial charge < -0.3 is 15.2 Å². The highest BCUT2D eigenvalue weighted by molar-refractivity contribution is 7.92. The molecule has 2 N–H and O–H groups in total. The minimum absolute atomic E-state index is 0.162. The van der Waals surface area contributed by atoms with Crippen molar-refractivity contribution in [1.29, 1.82) is 0 Å². The number of aliphatic carboxylic acids is 1. The monoisotopic (exact) mass is 383 g/mol. The fourth-order valence-electron chi connectivity index (χ4n) is 1.95. The molecule has 0 aliphatic heterocycles. The predicted octanol–water partition coefficient (Wildman–Crippen LogP) is 1.59. The first-order valence-electron chi connectivity index (χ1n) is 7.27. The topological polar surface area (TPSA) is 110 Å². The number of carboxylic acids is 1. The zero-order chi connectivity index (χ0) is 18.4. The van der Waals surface area contributed by atoms with Gasteiger partial charge in [-0.25, -0.2) is 13.2 Å². The largest absolute Gasteiger partial charge is 0.482 e. The predicted molar refractivity (Wildman–Crippen MR) is 93.0 cm³/mol. The third-order valence-corrected chi connectivity index (χ3v) is 6.06. The van der Waals surface area contributed by atoms with E-state index in [0.717, 1.165) is 23.2 Å². The third-order valence-electron chi connectivity index (χ3n) is 3.16. The van der Waals surface area contributed by atoms with Gasteiger partial charge in [-0.2, -0.15) is 0 Å². The number of sulfone groups is 1. The lowest BCUT2D eigenvalue weighted by molar-refractivity contribution is -0.139. The first-order chi connectivity index (χ1) is 11.8. The van der Waals surface area contributed by atoms with Gasteiger partial charge in [-0.15, -0.1) is 11.3 Å². The molecular weight excluding hydrogens is 366 g/mol. The number of ether oxygens (including phenoxy) is 1. The fourth-order valence-corrected chi connectivity index (χ4v) is 3.79. The second-order valence-corrected chi connectivity index (χ2v) is 8.55. The molecule has 7 nitrogen and oxygen atoms in total. The molecule has 0 saturated carbocycles. The van der Waals surface area contributed by atoms with Crippen LogP contribution in [-0.2, 0) is 21.1 Å². The summed E-state index contributed by atoms with van der Waals surface area (Å²) in [5, 5.41) is 11.3. The van der Waals surface area contributed by atoms with Gasteiger partial charge in [0.15, 0.2) is 16.4 Å². The standard InChI is InChI=1S/C16H17NO6S2/c1-25(21,22)15-7-6-13(24-15)16(20)17-9-8-11-2-4-12(5-3-11)23-10-14(18)19/h2-7H,8-10H2,1H3,(H,17,20)(H,18,19). The Balaban J connectivity index is 1.83. The van der Waals surface area contributed by atoms with E-state index in [2.05, 4.69) is 5.32 Å². The van der Waals surface area contributed by atoms with E-state index in [1.165, 1.54) is 12.1 Å². The van der Waals surface area contributed by atoms with E-state index in [-0.39, 0.29) is 10.1 Å². The summed E-state index contributed by atoms with van der Waals surface area (Å²) in [5.74, 6) is -0.900. The molecule has 9 heteroatoms. The van der Waals surface area contributed by atoms with E-state index < -0.39 is 22.4 Å². The Morgan fingerprint density at radius 3 is 2.40 bits per heavy atom. The molecule has 1 amide bonds. The number of carbonyl (C=O) groups is 2. The molecule has 0 spiro atoms. The van der Waals surface area contributed by atoms with Crippen molar-refractivity contribution in [2.75, 3.05) is 19.4 Å². The smallest absolute Gasteiger partial charge is 0.341 e. The number of thiophene rings is 1. The molecule has 0 bridgehead atoms. The second-order valence-electron chi connectivity index (χ2n) is 5.22. The highest BCUT2D eigenvalue weighted by Crippen LogP contribution is 2.21. The molecule has 2 rings (SSSR count). The first kappa shape index (κ1) is 18.9. The zero-order valence-corrected chi connectivity index (χ0v) is 15.0. The van der Waals surface area contributed by atoms with Gasteiger partial charge in [0.2, 0.25) is 0 Å². The molecular formula is C16H17NO6S2. The molecule has 2 aromatic rings. The second kappa shape index (κ2) is 8.13. The summed E-state index contributed by atoms with van der Waals surface area (Å²) in [6.45, 7) is -0.00798. The van der Waals surface area contributed by atoms with Crippen molar-refractivity contribution >= 4 is 33.1 Å². The first-order valence-corrected chi connectivity index (χ1v) is 9.98. The number of nitrogens with one attached hydrogen (secondary N) is 1. The molecule has 0 unspecified atom stereocenters. The van der Waals surface area contributed by atoms with Gasteiger partial charge in [-0.3, -0.25) is 4.79 Å². The van der Waals surface area contributed by atoms with E-state index in [9.17, 15) is 18.0 Å².